The second-order valence-electron chi connectivity index (χ2n) is 17.9. The monoisotopic (exact) mass is 896 g/mol. The Morgan fingerprint density at radius 2 is 0.714 bits per heavy atom. The molecular formula is C63H36N4O3. The molecule has 0 spiro atoms. The van der Waals surface area contributed by atoms with Gasteiger partial charge >= 0.3 is 0 Å². The number of furan rings is 3. The Kier molecular flexibility index (Phi) is 8.23. The van der Waals surface area contributed by atoms with Crippen LogP contribution < -0.4 is 0 Å². The molecule has 0 amide bonds. The van der Waals surface area contributed by atoms with Crippen molar-refractivity contribution in [2.75, 3.05) is 0 Å². The van der Waals surface area contributed by atoms with Crippen LogP contribution in [0.4, 0.5) is 0 Å². The van der Waals surface area contributed by atoms with Gasteiger partial charge in [0.1, 0.15) is 33.5 Å². The molecule has 0 aliphatic carbocycles. The highest BCUT2D eigenvalue weighted by atomic mass is 16.3. The quantitative estimate of drug-likeness (QED) is 0.165. The summed E-state index contributed by atoms with van der Waals surface area (Å²) in [5.74, 6) is 1.58. The summed E-state index contributed by atoms with van der Waals surface area (Å²) in [5, 5.41) is 8.49. The first-order valence-corrected chi connectivity index (χ1v) is 23.4. The minimum Gasteiger partial charge on any atom is -0.456 e. The lowest BCUT2D eigenvalue weighted by Gasteiger charge is -2.09. The molecule has 0 aliphatic heterocycles. The fourth-order valence-corrected chi connectivity index (χ4v) is 10.5. The molecule has 0 unspecified atom stereocenters. The van der Waals surface area contributed by atoms with Crippen molar-refractivity contribution in [2.24, 2.45) is 0 Å². The Morgan fingerprint density at radius 3 is 1.36 bits per heavy atom. The second kappa shape index (κ2) is 15.0. The zero-order valence-corrected chi connectivity index (χ0v) is 37.3. The molecule has 15 rings (SSSR count). The average Bonchev–Trinajstić information content (AvgIpc) is 4.19. The summed E-state index contributed by atoms with van der Waals surface area (Å²) in [6.45, 7) is 0. The van der Waals surface area contributed by atoms with Gasteiger partial charge in [0.15, 0.2) is 17.5 Å². The average molecular weight is 897 g/mol. The zero-order valence-electron chi connectivity index (χ0n) is 37.3. The van der Waals surface area contributed by atoms with Crippen LogP contribution >= 0.6 is 0 Å². The van der Waals surface area contributed by atoms with Crippen molar-refractivity contribution < 1.29 is 13.3 Å². The van der Waals surface area contributed by atoms with E-state index in [0.29, 0.717) is 17.5 Å². The number of benzene rings is 10. The van der Waals surface area contributed by atoms with Crippen LogP contribution in [-0.2, 0) is 0 Å². The normalized spacial score (nSPS) is 12.0. The van der Waals surface area contributed by atoms with Crippen LogP contribution in [0.25, 0.3) is 150 Å². The van der Waals surface area contributed by atoms with Gasteiger partial charge in [0.05, 0.1) is 11.0 Å². The fourth-order valence-electron chi connectivity index (χ4n) is 10.5. The van der Waals surface area contributed by atoms with Crippen LogP contribution in [0.2, 0.25) is 0 Å². The van der Waals surface area contributed by atoms with Crippen LogP contribution in [0.15, 0.2) is 232 Å². The number of fused-ring (bicyclic) bond motifs is 12. The smallest absolute Gasteiger partial charge is 0.164 e. The summed E-state index contributed by atoms with van der Waals surface area (Å²) in [5.41, 5.74) is 15.2. The van der Waals surface area contributed by atoms with E-state index in [1.165, 1.54) is 21.9 Å². The van der Waals surface area contributed by atoms with Gasteiger partial charge in [-0.25, -0.2) is 15.0 Å². The van der Waals surface area contributed by atoms with E-state index in [1.54, 1.807) is 0 Å². The first-order valence-electron chi connectivity index (χ1n) is 23.4. The SMILES string of the molecule is c1ccc(-c2ccc3c(c2)c2cc(-c4ccc5c(c4)oc4cccc(-c6nc(-c7ccc8c(c7)oc7ccccc78)nc(-c7ccc8c(c7)oc7ccccc78)n6)c45)ccc2n3-c2ccccc2)cc1. The van der Waals surface area contributed by atoms with Crippen LogP contribution in [-0.4, -0.2) is 19.5 Å². The third-order valence-electron chi connectivity index (χ3n) is 13.9. The maximum Gasteiger partial charge on any atom is 0.164 e. The predicted octanol–water partition coefficient (Wildman–Crippen LogP) is 17.0. The summed E-state index contributed by atoms with van der Waals surface area (Å²) in [6, 6.07) is 75.9. The van der Waals surface area contributed by atoms with Gasteiger partial charge in [-0.2, -0.15) is 0 Å². The highest BCUT2D eigenvalue weighted by Gasteiger charge is 2.21. The van der Waals surface area contributed by atoms with Gasteiger partial charge in [0, 0.05) is 65.5 Å². The Balaban J connectivity index is 0.884. The van der Waals surface area contributed by atoms with Crippen molar-refractivity contribution in [3.63, 3.8) is 0 Å². The molecular weight excluding hydrogens is 861 g/mol. The van der Waals surface area contributed by atoms with Gasteiger partial charge in [-0.3, -0.25) is 0 Å². The van der Waals surface area contributed by atoms with Gasteiger partial charge < -0.3 is 17.8 Å². The molecule has 0 aliphatic rings. The lowest BCUT2D eigenvalue weighted by Crippen LogP contribution is -2.00. The van der Waals surface area contributed by atoms with E-state index in [0.717, 1.165) is 110 Å². The molecule has 0 fully saturated rings. The standard InChI is InChI=1S/C63H36N4O3/c1-3-12-37(13-4-1)38-25-30-52-50(32-38)51-33-39(26-31-53(51)67(52)43-14-5-2-6-15-43)40-22-29-48-59(34-40)70-56-21-11-18-49(60(48)56)63-65-61(41-23-27-46-44-16-7-9-19-54(44)68-57(46)35-41)64-62(66-63)42-24-28-47-45-17-8-10-20-55(45)69-58(47)36-42/h1-36H. The fraction of sp³-hybridized carbons (Fsp3) is 0. The minimum atomic E-state index is 0.527. The number of nitrogens with zero attached hydrogens (tertiary/aromatic N) is 4. The first-order chi connectivity index (χ1) is 34.6. The third kappa shape index (κ3) is 5.98. The number of hydrogen-bond acceptors (Lipinski definition) is 6. The summed E-state index contributed by atoms with van der Waals surface area (Å²) in [4.78, 5) is 15.6. The second-order valence-corrected chi connectivity index (χ2v) is 17.9. The van der Waals surface area contributed by atoms with Crippen molar-refractivity contribution in [2.45, 2.75) is 0 Å². The van der Waals surface area contributed by atoms with Gasteiger partial charge in [0.25, 0.3) is 0 Å². The van der Waals surface area contributed by atoms with Gasteiger partial charge in [-0.15, -0.1) is 0 Å². The molecule has 5 aromatic heterocycles. The maximum absolute atomic E-state index is 6.74. The molecule has 326 valence electrons. The largest absolute Gasteiger partial charge is 0.456 e. The van der Waals surface area contributed by atoms with E-state index in [9.17, 15) is 0 Å². The van der Waals surface area contributed by atoms with Crippen LogP contribution in [0.3, 0.4) is 0 Å². The molecule has 0 saturated heterocycles. The Labute approximate surface area is 399 Å². The van der Waals surface area contributed by atoms with Crippen LogP contribution in [0.5, 0.6) is 0 Å². The predicted molar refractivity (Wildman–Crippen MR) is 283 cm³/mol. The molecule has 0 bridgehead atoms. The van der Waals surface area contributed by atoms with Gasteiger partial charge in [0.2, 0.25) is 0 Å². The van der Waals surface area contributed by atoms with E-state index in [1.807, 2.05) is 60.7 Å². The molecule has 70 heavy (non-hydrogen) atoms. The van der Waals surface area contributed by atoms with Gasteiger partial charge in [-0.05, 0) is 113 Å². The van der Waals surface area contributed by atoms with Crippen LogP contribution in [0, 0.1) is 0 Å². The molecule has 0 N–H and O–H groups in total. The molecule has 0 atom stereocenters. The topological polar surface area (TPSA) is 83.0 Å². The third-order valence-corrected chi connectivity index (χ3v) is 13.9. The summed E-state index contributed by atoms with van der Waals surface area (Å²) >= 11 is 0. The number of rotatable bonds is 6. The van der Waals surface area contributed by atoms with Gasteiger partial charge in [-0.1, -0.05) is 127 Å². The van der Waals surface area contributed by atoms with Crippen LogP contribution in [0.1, 0.15) is 0 Å². The Morgan fingerprint density at radius 1 is 0.271 bits per heavy atom. The molecule has 7 heteroatoms. The summed E-state index contributed by atoms with van der Waals surface area (Å²) in [7, 11) is 0. The lowest BCUT2D eigenvalue weighted by atomic mass is 9.99. The van der Waals surface area contributed by atoms with E-state index in [4.69, 9.17) is 28.2 Å². The molecule has 5 heterocycles. The minimum absolute atomic E-state index is 0.527. The Bertz CT molecular complexity index is 4470. The van der Waals surface area contributed by atoms with Crippen molar-refractivity contribution in [3.05, 3.63) is 218 Å². The summed E-state index contributed by atoms with van der Waals surface area (Å²) < 4.78 is 21.8. The highest BCUT2D eigenvalue weighted by Crippen LogP contribution is 2.42. The van der Waals surface area contributed by atoms with Crippen molar-refractivity contribution in [3.8, 4) is 62.1 Å². The van der Waals surface area contributed by atoms with Crippen molar-refractivity contribution in [1.82, 2.24) is 19.5 Å². The van der Waals surface area contributed by atoms with Crippen molar-refractivity contribution >= 4 is 87.6 Å². The van der Waals surface area contributed by atoms with E-state index in [2.05, 4.69) is 162 Å². The van der Waals surface area contributed by atoms with E-state index < -0.39 is 0 Å². The van der Waals surface area contributed by atoms with E-state index in [-0.39, 0.29) is 0 Å². The van der Waals surface area contributed by atoms with E-state index >= 15 is 0 Å². The molecule has 15 aromatic rings. The molecule has 7 nitrogen and oxygen atoms in total. The highest BCUT2D eigenvalue weighted by molar-refractivity contribution is 6.14. The van der Waals surface area contributed by atoms with Crippen molar-refractivity contribution in [1.29, 1.82) is 0 Å². The zero-order chi connectivity index (χ0) is 45.9. The molecule has 0 radical (unpaired) electrons. The summed E-state index contributed by atoms with van der Waals surface area (Å²) in [6.07, 6.45) is 0. The first kappa shape index (κ1) is 38.5. The molecule has 0 saturated carbocycles. The Hall–Kier alpha value is -9.59. The number of hydrogen-bond donors (Lipinski definition) is 0. The number of para-hydroxylation sites is 3. The lowest BCUT2D eigenvalue weighted by molar-refractivity contribution is 0.668. The number of aromatic nitrogens is 4. The maximum atomic E-state index is 6.74. The molecule has 10 aromatic carbocycles.